The molecule has 1 amide bonds. The number of nitrogens with one attached hydrogen (secondary N) is 1. The fourth-order valence-corrected chi connectivity index (χ4v) is 2.45. The van der Waals surface area contributed by atoms with Gasteiger partial charge in [-0.05, 0) is 45.0 Å². The van der Waals surface area contributed by atoms with Gasteiger partial charge >= 0.3 is 0 Å². The molecule has 0 atom stereocenters. The molecule has 0 spiro atoms. The first-order valence-corrected chi connectivity index (χ1v) is 8.86. The van der Waals surface area contributed by atoms with Crippen molar-refractivity contribution in [2.45, 2.75) is 46.6 Å². The lowest BCUT2D eigenvalue weighted by molar-refractivity contribution is 0.0945. The fourth-order valence-electron chi connectivity index (χ4n) is 2.45. The van der Waals surface area contributed by atoms with Crippen molar-refractivity contribution in [2.24, 2.45) is 0 Å². The quantitative estimate of drug-likeness (QED) is 0.630. The first-order valence-electron chi connectivity index (χ1n) is 8.86. The standard InChI is InChI=1S/C19H32N2O3/c1-6-8-13-24-17-10-9-16(14-18(17)23-5)19(22)20-11-12-21(7-2)15(3)4/h9-10,14-15H,6-8,11-13H2,1-5H3,(H,20,22). The van der Waals surface area contributed by atoms with E-state index in [9.17, 15) is 4.79 Å². The van der Waals surface area contributed by atoms with Gasteiger partial charge in [-0.15, -0.1) is 0 Å². The number of carbonyl (C=O) groups excluding carboxylic acids is 1. The summed E-state index contributed by atoms with van der Waals surface area (Å²) in [5, 5.41) is 2.96. The molecule has 5 nitrogen and oxygen atoms in total. The van der Waals surface area contributed by atoms with Gasteiger partial charge in [-0.1, -0.05) is 20.3 Å². The third kappa shape index (κ3) is 6.40. The van der Waals surface area contributed by atoms with Crippen LogP contribution in [-0.2, 0) is 0 Å². The number of hydrogen-bond donors (Lipinski definition) is 1. The van der Waals surface area contributed by atoms with E-state index in [0.29, 0.717) is 36.3 Å². The highest BCUT2D eigenvalue weighted by atomic mass is 16.5. The van der Waals surface area contributed by atoms with Crippen LogP contribution in [0.25, 0.3) is 0 Å². The largest absolute Gasteiger partial charge is 0.493 e. The Morgan fingerprint density at radius 2 is 2.00 bits per heavy atom. The molecule has 0 aromatic heterocycles. The maximum absolute atomic E-state index is 12.3. The van der Waals surface area contributed by atoms with Gasteiger partial charge in [-0.3, -0.25) is 9.69 Å². The van der Waals surface area contributed by atoms with Gasteiger partial charge < -0.3 is 14.8 Å². The van der Waals surface area contributed by atoms with E-state index in [1.165, 1.54) is 0 Å². The highest BCUT2D eigenvalue weighted by Gasteiger charge is 2.12. The molecule has 0 radical (unpaired) electrons. The van der Waals surface area contributed by atoms with Crippen LogP contribution < -0.4 is 14.8 Å². The molecule has 136 valence electrons. The van der Waals surface area contributed by atoms with E-state index in [4.69, 9.17) is 9.47 Å². The second kappa shape index (κ2) is 10.9. The second-order valence-electron chi connectivity index (χ2n) is 6.05. The number of carbonyl (C=O) groups is 1. The lowest BCUT2D eigenvalue weighted by Gasteiger charge is -2.24. The molecule has 0 aliphatic rings. The van der Waals surface area contributed by atoms with Crippen molar-refractivity contribution in [1.29, 1.82) is 0 Å². The highest BCUT2D eigenvalue weighted by Crippen LogP contribution is 2.28. The average Bonchev–Trinajstić information content (AvgIpc) is 2.58. The molecule has 0 aliphatic carbocycles. The van der Waals surface area contributed by atoms with Gasteiger partial charge in [0.1, 0.15) is 0 Å². The second-order valence-corrected chi connectivity index (χ2v) is 6.05. The zero-order valence-corrected chi connectivity index (χ0v) is 15.7. The molecule has 1 aromatic carbocycles. The Balaban J connectivity index is 2.61. The predicted octanol–water partition coefficient (Wildman–Crippen LogP) is 3.33. The smallest absolute Gasteiger partial charge is 0.251 e. The molecule has 1 rings (SSSR count). The van der Waals surface area contributed by atoms with Crippen LogP contribution in [0.2, 0.25) is 0 Å². The van der Waals surface area contributed by atoms with Crippen molar-refractivity contribution in [3.05, 3.63) is 23.8 Å². The number of unbranched alkanes of at least 4 members (excludes halogenated alkanes) is 1. The summed E-state index contributed by atoms with van der Waals surface area (Å²) in [5.41, 5.74) is 0.585. The normalized spacial score (nSPS) is 11.0. The molecule has 0 fully saturated rings. The number of amides is 1. The number of ether oxygens (including phenoxy) is 2. The van der Waals surface area contributed by atoms with Crippen LogP contribution in [0.3, 0.4) is 0 Å². The van der Waals surface area contributed by atoms with Crippen LogP contribution >= 0.6 is 0 Å². The first-order chi connectivity index (χ1) is 11.5. The van der Waals surface area contributed by atoms with Crippen LogP contribution in [0.5, 0.6) is 11.5 Å². The van der Waals surface area contributed by atoms with E-state index in [1.807, 2.05) is 0 Å². The average molecular weight is 336 g/mol. The number of hydrogen-bond acceptors (Lipinski definition) is 4. The highest BCUT2D eigenvalue weighted by molar-refractivity contribution is 5.94. The van der Waals surface area contributed by atoms with Crippen molar-refractivity contribution < 1.29 is 14.3 Å². The van der Waals surface area contributed by atoms with Gasteiger partial charge in [0.05, 0.1) is 13.7 Å². The maximum atomic E-state index is 12.3. The molecule has 0 heterocycles. The molecule has 24 heavy (non-hydrogen) atoms. The first kappa shape index (κ1) is 20.3. The maximum Gasteiger partial charge on any atom is 0.251 e. The van der Waals surface area contributed by atoms with E-state index < -0.39 is 0 Å². The zero-order chi connectivity index (χ0) is 17.9. The van der Waals surface area contributed by atoms with Crippen LogP contribution in [-0.4, -0.2) is 50.2 Å². The van der Waals surface area contributed by atoms with Gasteiger partial charge in [-0.2, -0.15) is 0 Å². The third-order valence-electron chi connectivity index (χ3n) is 4.00. The minimum atomic E-state index is -0.0896. The molecule has 0 saturated heterocycles. The number of benzene rings is 1. The molecule has 5 heteroatoms. The Labute approximate surface area is 146 Å². The van der Waals surface area contributed by atoms with E-state index in [0.717, 1.165) is 25.9 Å². The van der Waals surface area contributed by atoms with Gasteiger partial charge in [0, 0.05) is 24.7 Å². The van der Waals surface area contributed by atoms with Crippen molar-refractivity contribution in [1.82, 2.24) is 10.2 Å². The number of rotatable bonds is 11. The minimum absolute atomic E-state index is 0.0896. The summed E-state index contributed by atoms with van der Waals surface area (Å²) >= 11 is 0. The summed E-state index contributed by atoms with van der Waals surface area (Å²) in [6.45, 7) is 11.7. The summed E-state index contributed by atoms with van der Waals surface area (Å²) in [4.78, 5) is 14.6. The fraction of sp³-hybridized carbons (Fsp3) is 0.632. The van der Waals surface area contributed by atoms with E-state index in [2.05, 4.69) is 37.9 Å². The molecule has 0 bridgehead atoms. The molecule has 0 unspecified atom stereocenters. The van der Waals surface area contributed by atoms with Crippen LogP contribution in [0, 0.1) is 0 Å². The Morgan fingerprint density at radius 3 is 2.58 bits per heavy atom. The van der Waals surface area contributed by atoms with Gasteiger partial charge in [-0.25, -0.2) is 0 Å². The minimum Gasteiger partial charge on any atom is -0.493 e. The van der Waals surface area contributed by atoms with E-state index >= 15 is 0 Å². The van der Waals surface area contributed by atoms with E-state index in [1.54, 1.807) is 25.3 Å². The van der Waals surface area contributed by atoms with Gasteiger partial charge in [0.15, 0.2) is 11.5 Å². The number of nitrogens with zero attached hydrogens (tertiary/aromatic N) is 1. The van der Waals surface area contributed by atoms with Crippen LogP contribution in [0.15, 0.2) is 18.2 Å². The molecule has 0 saturated carbocycles. The summed E-state index contributed by atoms with van der Waals surface area (Å²) in [7, 11) is 1.59. The zero-order valence-electron chi connectivity index (χ0n) is 15.7. The van der Waals surface area contributed by atoms with Gasteiger partial charge in [0.25, 0.3) is 5.91 Å². The number of likely N-dealkylation sites (N-methyl/N-ethyl adjacent to an activating group) is 1. The van der Waals surface area contributed by atoms with E-state index in [-0.39, 0.29) is 5.91 Å². The lowest BCUT2D eigenvalue weighted by Crippen LogP contribution is -2.38. The number of methoxy groups -OCH3 is 1. The van der Waals surface area contributed by atoms with Crippen molar-refractivity contribution in [2.75, 3.05) is 33.4 Å². The van der Waals surface area contributed by atoms with Crippen LogP contribution in [0.1, 0.15) is 50.9 Å². The van der Waals surface area contributed by atoms with Gasteiger partial charge in [0.2, 0.25) is 0 Å². The lowest BCUT2D eigenvalue weighted by atomic mass is 10.2. The molecular weight excluding hydrogens is 304 g/mol. The third-order valence-corrected chi connectivity index (χ3v) is 4.00. The monoisotopic (exact) mass is 336 g/mol. The molecule has 1 aromatic rings. The van der Waals surface area contributed by atoms with Crippen molar-refractivity contribution in [3.63, 3.8) is 0 Å². The van der Waals surface area contributed by atoms with Crippen LogP contribution in [0.4, 0.5) is 0 Å². The summed E-state index contributed by atoms with van der Waals surface area (Å²) in [5.74, 6) is 1.18. The Bertz CT molecular complexity index is 503. The summed E-state index contributed by atoms with van der Waals surface area (Å²) in [6, 6.07) is 5.79. The summed E-state index contributed by atoms with van der Waals surface area (Å²) in [6.07, 6.45) is 2.07. The van der Waals surface area contributed by atoms with Crippen molar-refractivity contribution >= 4 is 5.91 Å². The Kier molecular flexibility index (Phi) is 9.23. The Morgan fingerprint density at radius 1 is 1.25 bits per heavy atom. The predicted molar refractivity (Wildman–Crippen MR) is 98.1 cm³/mol. The topological polar surface area (TPSA) is 50.8 Å². The molecule has 0 aliphatic heterocycles. The molecule has 1 N–H and O–H groups in total. The Hall–Kier alpha value is -1.75. The SMILES string of the molecule is CCCCOc1ccc(C(=O)NCCN(CC)C(C)C)cc1OC. The van der Waals surface area contributed by atoms with Crippen molar-refractivity contribution in [3.8, 4) is 11.5 Å². The summed E-state index contributed by atoms with van der Waals surface area (Å²) < 4.78 is 11.0. The molecular formula is C19H32N2O3.